The van der Waals surface area contributed by atoms with E-state index in [0.717, 1.165) is 66.6 Å². The maximum absolute atomic E-state index is 4.69. The number of aromatic nitrogens is 6. The summed E-state index contributed by atoms with van der Waals surface area (Å²) in [6.45, 7) is 0. The highest BCUT2D eigenvalue weighted by atomic mass is 15.0. The summed E-state index contributed by atoms with van der Waals surface area (Å²) in [6, 6.07) is 33.5. The average Bonchev–Trinajstić information content (AvgIpc) is 3.51. The van der Waals surface area contributed by atoms with Crippen LogP contribution in [0.3, 0.4) is 0 Å². The van der Waals surface area contributed by atoms with Crippen LogP contribution in [-0.2, 0) is 0 Å². The summed E-state index contributed by atoms with van der Waals surface area (Å²) in [4.78, 5) is 18.7. The third-order valence-electron chi connectivity index (χ3n) is 7.08. The zero-order valence-corrected chi connectivity index (χ0v) is 20.2. The minimum absolute atomic E-state index is 0.889. The van der Waals surface area contributed by atoms with Gasteiger partial charge in [0.2, 0.25) is 0 Å². The van der Waals surface area contributed by atoms with Gasteiger partial charge in [-0.1, -0.05) is 30.3 Å². The number of rotatable bonds is 3. The Morgan fingerprint density at radius 3 is 1.16 bits per heavy atom. The quantitative estimate of drug-likeness (QED) is 0.265. The first-order chi connectivity index (χ1) is 18.9. The molecule has 0 amide bonds. The average molecular weight is 489 g/mol. The molecule has 0 spiro atoms. The summed E-state index contributed by atoms with van der Waals surface area (Å²) in [5.74, 6) is 0. The van der Waals surface area contributed by atoms with E-state index in [1.807, 2.05) is 55.1 Å². The van der Waals surface area contributed by atoms with Gasteiger partial charge in [0.05, 0.1) is 22.1 Å². The highest BCUT2D eigenvalue weighted by Crippen LogP contribution is 2.35. The van der Waals surface area contributed by atoms with Gasteiger partial charge in [0.25, 0.3) is 0 Å². The van der Waals surface area contributed by atoms with Gasteiger partial charge >= 0.3 is 0 Å². The van der Waals surface area contributed by atoms with Crippen LogP contribution in [0.25, 0.3) is 66.6 Å². The summed E-state index contributed by atoms with van der Waals surface area (Å²) in [5, 5.41) is 0. The zero-order valence-electron chi connectivity index (χ0n) is 20.2. The van der Waals surface area contributed by atoms with E-state index in [-0.39, 0.29) is 0 Å². The third kappa shape index (κ3) is 3.01. The highest BCUT2D eigenvalue weighted by Gasteiger charge is 2.18. The second-order valence-electron chi connectivity index (χ2n) is 9.26. The second-order valence-corrected chi connectivity index (χ2v) is 9.26. The highest BCUT2D eigenvalue weighted by molar-refractivity contribution is 6.06. The summed E-state index contributed by atoms with van der Waals surface area (Å²) < 4.78 is 4.51. The van der Waals surface area contributed by atoms with Gasteiger partial charge in [-0.2, -0.15) is 0 Å². The minimum atomic E-state index is 0.889. The molecule has 38 heavy (non-hydrogen) atoms. The Bertz CT molecular complexity index is 1900. The minimum Gasteiger partial charge on any atom is -0.306 e. The predicted octanol–water partition coefficient (Wildman–Crippen LogP) is 7.13. The van der Waals surface area contributed by atoms with Crippen LogP contribution in [0.4, 0.5) is 0 Å². The lowest BCUT2D eigenvalue weighted by Crippen LogP contribution is -2.00. The van der Waals surface area contributed by atoms with E-state index in [1.165, 1.54) is 0 Å². The van der Waals surface area contributed by atoms with Gasteiger partial charge < -0.3 is 9.13 Å². The van der Waals surface area contributed by atoms with Gasteiger partial charge in [0.1, 0.15) is 22.1 Å². The fourth-order valence-corrected chi connectivity index (χ4v) is 5.51. The Labute approximate surface area is 217 Å². The fraction of sp³-hybridized carbons (Fsp3) is 0. The van der Waals surface area contributed by atoms with Crippen LogP contribution in [0.2, 0.25) is 0 Å². The van der Waals surface area contributed by atoms with Crippen LogP contribution in [-0.4, -0.2) is 29.1 Å². The molecule has 0 saturated carbocycles. The second kappa shape index (κ2) is 8.08. The van der Waals surface area contributed by atoms with Crippen molar-refractivity contribution >= 4 is 44.1 Å². The third-order valence-corrected chi connectivity index (χ3v) is 7.08. The first-order valence-electron chi connectivity index (χ1n) is 12.5. The zero-order chi connectivity index (χ0) is 25.1. The number of hydrogen-bond acceptors (Lipinski definition) is 4. The number of benzene rings is 2. The van der Waals surface area contributed by atoms with E-state index in [0.29, 0.717) is 0 Å². The summed E-state index contributed by atoms with van der Waals surface area (Å²) in [5.41, 5.74) is 11.9. The maximum atomic E-state index is 4.69. The first kappa shape index (κ1) is 20.8. The smallest absolute Gasteiger partial charge is 0.115 e. The molecule has 0 N–H and O–H groups in total. The van der Waals surface area contributed by atoms with E-state index >= 15 is 0 Å². The van der Waals surface area contributed by atoms with Gasteiger partial charge in [-0.15, -0.1) is 0 Å². The van der Waals surface area contributed by atoms with E-state index < -0.39 is 0 Å². The Balaban J connectivity index is 1.51. The van der Waals surface area contributed by atoms with Crippen LogP contribution in [0.15, 0.2) is 122 Å². The van der Waals surface area contributed by atoms with Crippen LogP contribution < -0.4 is 0 Å². The van der Waals surface area contributed by atoms with Gasteiger partial charge in [0, 0.05) is 36.2 Å². The molecule has 8 rings (SSSR count). The van der Waals surface area contributed by atoms with Crippen molar-refractivity contribution in [2.24, 2.45) is 0 Å². The molecule has 0 unspecified atom stereocenters. The van der Waals surface area contributed by atoms with Crippen molar-refractivity contribution in [2.45, 2.75) is 0 Å². The molecular formula is C32H20N6. The molecule has 0 bridgehead atoms. The number of nitrogens with zero attached hydrogens (tertiary/aromatic N) is 6. The molecule has 178 valence electrons. The van der Waals surface area contributed by atoms with Crippen molar-refractivity contribution in [3.8, 4) is 22.5 Å². The van der Waals surface area contributed by atoms with Gasteiger partial charge in [-0.05, 0) is 77.9 Å². The molecule has 6 nitrogen and oxygen atoms in total. The summed E-state index contributed by atoms with van der Waals surface area (Å²) in [6.07, 6.45) is 7.30. The van der Waals surface area contributed by atoms with Crippen molar-refractivity contribution in [2.75, 3.05) is 0 Å². The largest absolute Gasteiger partial charge is 0.306 e. The molecule has 6 heterocycles. The molecule has 0 aliphatic carbocycles. The van der Waals surface area contributed by atoms with Crippen molar-refractivity contribution in [1.82, 2.24) is 29.1 Å². The molecular weight excluding hydrogens is 468 g/mol. The molecule has 6 aromatic heterocycles. The lowest BCUT2D eigenvalue weighted by molar-refractivity contribution is 1.13. The van der Waals surface area contributed by atoms with Crippen molar-refractivity contribution in [1.29, 1.82) is 0 Å². The molecule has 2 aromatic carbocycles. The van der Waals surface area contributed by atoms with Gasteiger partial charge in [-0.3, -0.25) is 19.9 Å². The van der Waals surface area contributed by atoms with Gasteiger partial charge in [-0.25, -0.2) is 0 Å². The fourth-order valence-electron chi connectivity index (χ4n) is 5.51. The monoisotopic (exact) mass is 488 g/mol. The Kier molecular flexibility index (Phi) is 4.42. The number of fused-ring (bicyclic) bond motifs is 6. The van der Waals surface area contributed by atoms with Crippen LogP contribution >= 0.6 is 0 Å². The molecule has 8 aromatic rings. The topological polar surface area (TPSA) is 61.4 Å². The van der Waals surface area contributed by atoms with Crippen LogP contribution in [0.1, 0.15) is 0 Å². The molecule has 0 aliphatic heterocycles. The van der Waals surface area contributed by atoms with E-state index in [9.17, 15) is 0 Å². The number of pyridine rings is 4. The molecule has 0 saturated heterocycles. The number of hydrogen-bond donors (Lipinski definition) is 0. The van der Waals surface area contributed by atoms with Crippen molar-refractivity contribution in [3.63, 3.8) is 0 Å². The summed E-state index contributed by atoms with van der Waals surface area (Å²) in [7, 11) is 0. The molecule has 6 heteroatoms. The lowest BCUT2D eigenvalue weighted by Gasteiger charge is -2.15. The van der Waals surface area contributed by atoms with Crippen molar-refractivity contribution in [3.05, 3.63) is 122 Å². The van der Waals surface area contributed by atoms with E-state index in [2.05, 4.69) is 95.8 Å². The van der Waals surface area contributed by atoms with E-state index in [4.69, 9.17) is 0 Å². The first-order valence-corrected chi connectivity index (χ1v) is 12.5. The molecule has 0 radical (unpaired) electrons. The standard InChI is InChI=1S/C32H20N6/c1-2-8-21(9-3-1)22-18-23(37-25-10-4-14-33-29(25)30-26(37)11-5-15-34-30)20-24(19-22)38-27-12-6-16-35-31(27)32-28(38)13-7-17-36-32/h1-20H. The van der Waals surface area contributed by atoms with Gasteiger partial charge in [0.15, 0.2) is 0 Å². The molecule has 0 atom stereocenters. The van der Waals surface area contributed by atoms with Crippen LogP contribution in [0, 0.1) is 0 Å². The lowest BCUT2D eigenvalue weighted by atomic mass is 10.0. The normalized spacial score (nSPS) is 11.7. The molecule has 0 aliphatic rings. The Morgan fingerprint density at radius 2 is 0.763 bits per heavy atom. The Hall–Kier alpha value is -5.36. The Morgan fingerprint density at radius 1 is 0.368 bits per heavy atom. The SMILES string of the molecule is c1ccc(-c2cc(-n3c4cccnc4c4ncccc43)cc(-n3c4cccnc4c4ncccc43)c2)cc1. The van der Waals surface area contributed by atoms with Crippen LogP contribution in [0.5, 0.6) is 0 Å². The maximum Gasteiger partial charge on any atom is 0.115 e. The van der Waals surface area contributed by atoms with Crippen molar-refractivity contribution < 1.29 is 0 Å². The summed E-state index contributed by atoms with van der Waals surface area (Å²) >= 11 is 0. The predicted molar refractivity (Wildman–Crippen MR) is 152 cm³/mol. The van der Waals surface area contributed by atoms with E-state index in [1.54, 1.807) is 0 Å². The molecule has 0 fully saturated rings.